The van der Waals surface area contributed by atoms with Gasteiger partial charge in [0.05, 0.1) is 17.6 Å². The van der Waals surface area contributed by atoms with Crippen LogP contribution in [0.2, 0.25) is 0 Å². The van der Waals surface area contributed by atoms with E-state index in [1.807, 2.05) is 0 Å². The van der Waals surface area contributed by atoms with Crippen LogP contribution < -0.4 is 0 Å². The summed E-state index contributed by atoms with van der Waals surface area (Å²) in [4.78, 5) is 0. The molecule has 1 N–H and O–H groups in total. The van der Waals surface area contributed by atoms with Crippen LogP contribution in [0.3, 0.4) is 0 Å². The van der Waals surface area contributed by atoms with E-state index in [0.29, 0.717) is 12.8 Å². The molecular weight excluding hydrogens is 207 g/mol. The highest BCUT2D eigenvalue weighted by atomic mass is 32.2. The van der Waals surface area contributed by atoms with Crippen molar-refractivity contribution in [2.75, 3.05) is 11.5 Å². The monoisotopic (exact) mass is 224 g/mol. The molecule has 2 unspecified atom stereocenters. The van der Waals surface area contributed by atoms with Gasteiger partial charge in [0.25, 0.3) is 0 Å². The fourth-order valence-corrected chi connectivity index (χ4v) is 3.28. The summed E-state index contributed by atoms with van der Waals surface area (Å²) in [7, 11) is -2.86. The third-order valence-corrected chi connectivity index (χ3v) is 4.47. The molecule has 0 spiro atoms. The van der Waals surface area contributed by atoms with Gasteiger partial charge in [-0.2, -0.15) is 0 Å². The van der Waals surface area contributed by atoms with Gasteiger partial charge in [0.2, 0.25) is 0 Å². The number of aliphatic hydroxyl groups is 1. The van der Waals surface area contributed by atoms with Crippen LogP contribution in [0, 0.1) is 5.92 Å². The van der Waals surface area contributed by atoms with Gasteiger partial charge in [-0.25, -0.2) is 12.8 Å². The first kappa shape index (κ1) is 11.9. The molecule has 0 aromatic heterocycles. The van der Waals surface area contributed by atoms with Crippen LogP contribution in [0.25, 0.3) is 0 Å². The predicted octanol–water partition coefficient (Wildman–Crippen LogP) is 0.920. The van der Waals surface area contributed by atoms with Gasteiger partial charge < -0.3 is 5.11 Å². The van der Waals surface area contributed by atoms with Crippen LogP contribution >= 0.6 is 0 Å². The van der Waals surface area contributed by atoms with Crippen molar-refractivity contribution >= 4 is 9.84 Å². The molecule has 0 aromatic carbocycles. The Balaban J connectivity index is 2.36. The second-order valence-electron chi connectivity index (χ2n) is 4.09. The van der Waals surface area contributed by atoms with E-state index in [0.717, 1.165) is 0 Å². The summed E-state index contributed by atoms with van der Waals surface area (Å²) < 4.78 is 35.2. The molecule has 1 aliphatic heterocycles. The smallest absolute Gasteiger partial charge is 0.150 e. The first-order chi connectivity index (χ1) is 6.41. The summed E-state index contributed by atoms with van der Waals surface area (Å²) in [6.07, 6.45) is -0.813. The van der Waals surface area contributed by atoms with E-state index in [2.05, 4.69) is 0 Å². The van der Waals surface area contributed by atoms with Crippen molar-refractivity contribution in [3.05, 3.63) is 0 Å². The Morgan fingerprint density at radius 1 is 1.43 bits per heavy atom. The van der Waals surface area contributed by atoms with Crippen molar-refractivity contribution in [2.24, 2.45) is 5.92 Å². The summed E-state index contributed by atoms with van der Waals surface area (Å²) in [6, 6.07) is 0. The Hall–Kier alpha value is -0.160. The highest BCUT2D eigenvalue weighted by molar-refractivity contribution is 7.91. The van der Waals surface area contributed by atoms with E-state index in [9.17, 15) is 12.8 Å². The lowest BCUT2D eigenvalue weighted by Crippen LogP contribution is -2.28. The summed E-state index contributed by atoms with van der Waals surface area (Å²) in [5.74, 6) is 0.456. The standard InChI is InChI=1S/C9H17FO3S/c1-7(11)9(10)6-8-2-4-14(12,13)5-3-8/h7-9,11H,2-6H2,1H3. The molecule has 5 heteroatoms. The maximum absolute atomic E-state index is 13.1. The highest BCUT2D eigenvalue weighted by Gasteiger charge is 2.27. The van der Waals surface area contributed by atoms with Crippen molar-refractivity contribution in [1.29, 1.82) is 0 Å². The van der Waals surface area contributed by atoms with Crippen LogP contribution in [-0.2, 0) is 9.84 Å². The second-order valence-corrected chi connectivity index (χ2v) is 6.39. The number of sulfone groups is 1. The molecule has 2 atom stereocenters. The van der Waals surface area contributed by atoms with Crippen molar-refractivity contribution < 1.29 is 17.9 Å². The fraction of sp³-hybridized carbons (Fsp3) is 1.00. The van der Waals surface area contributed by atoms with Crippen LogP contribution in [0.5, 0.6) is 0 Å². The molecule has 0 aliphatic carbocycles. The number of alkyl halides is 1. The van der Waals surface area contributed by atoms with Crippen LogP contribution in [0.1, 0.15) is 26.2 Å². The first-order valence-electron chi connectivity index (χ1n) is 4.93. The van der Waals surface area contributed by atoms with E-state index >= 15 is 0 Å². The zero-order chi connectivity index (χ0) is 10.8. The van der Waals surface area contributed by atoms with E-state index < -0.39 is 22.1 Å². The Morgan fingerprint density at radius 2 is 1.93 bits per heavy atom. The van der Waals surface area contributed by atoms with E-state index in [1.54, 1.807) is 0 Å². The molecule has 1 saturated heterocycles. The van der Waals surface area contributed by atoms with Crippen molar-refractivity contribution in [3.63, 3.8) is 0 Å². The van der Waals surface area contributed by atoms with Gasteiger partial charge in [-0.1, -0.05) is 0 Å². The third kappa shape index (κ3) is 3.53. The molecule has 0 radical (unpaired) electrons. The normalized spacial score (nSPS) is 27.1. The number of halogens is 1. The largest absolute Gasteiger partial charge is 0.390 e. The fourth-order valence-electron chi connectivity index (χ4n) is 1.69. The van der Waals surface area contributed by atoms with Crippen molar-refractivity contribution in [2.45, 2.75) is 38.5 Å². The van der Waals surface area contributed by atoms with E-state index in [-0.39, 0.29) is 23.8 Å². The van der Waals surface area contributed by atoms with Gasteiger partial charge in [-0.3, -0.25) is 0 Å². The van der Waals surface area contributed by atoms with Gasteiger partial charge in [-0.05, 0) is 32.1 Å². The topological polar surface area (TPSA) is 54.4 Å². The number of rotatable bonds is 3. The number of hydrogen-bond acceptors (Lipinski definition) is 3. The molecule has 1 rings (SSSR count). The molecule has 0 bridgehead atoms. The quantitative estimate of drug-likeness (QED) is 0.775. The van der Waals surface area contributed by atoms with Crippen molar-refractivity contribution in [1.82, 2.24) is 0 Å². The average molecular weight is 224 g/mol. The summed E-state index contributed by atoms with van der Waals surface area (Å²) in [5, 5.41) is 8.96. The maximum atomic E-state index is 13.1. The van der Waals surface area contributed by atoms with Gasteiger partial charge in [0.1, 0.15) is 16.0 Å². The molecule has 1 fully saturated rings. The zero-order valence-electron chi connectivity index (χ0n) is 8.32. The molecule has 14 heavy (non-hydrogen) atoms. The minimum Gasteiger partial charge on any atom is -0.390 e. The van der Waals surface area contributed by atoms with Crippen molar-refractivity contribution in [3.8, 4) is 0 Å². The first-order valence-corrected chi connectivity index (χ1v) is 6.75. The SMILES string of the molecule is CC(O)C(F)CC1CCS(=O)(=O)CC1. The number of aliphatic hydroxyl groups excluding tert-OH is 1. The second kappa shape index (κ2) is 4.57. The van der Waals surface area contributed by atoms with Gasteiger partial charge in [-0.15, -0.1) is 0 Å². The highest BCUT2D eigenvalue weighted by Crippen LogP contribution is 2.25. The molecule has 0 saturated carbocycles. The summed E-state index contributed by atoms with van der Waals surface area (Å²) in [6.45, 7) is 1.42. The Bertz CT molecular complexity index is 260. The molecular formula is C9H17FO3S. The van der Waals surface area contributed by atoms with Gasteiger partial charge >= 0.3 is 0 Å². The third-order valence-electron chi connectivity index (χ3n) is 2.76. The lowest BCUT2D eigenvalue weighted by atomic mass is 9.94. The molecule has 0 aromatic rings. The molecule has 84 valence electrons. The Morgan fingerprint density at radius 3 is 2.36 bits per heavy atom. The lowest BCUT2D eigenvalue weighted by molar-refractivity contribution is 0.0751. The minimum absolute atomic E-state index is 0.114. The summed E-state index contributed by atoms with van der Waals surface area (Å²) in [5.41, 5.74) is 0. The predicted molar refractivity (Wildman–Crippen MR) is 52.6 cm³/mol. The van der Waals surface area contributed by atoms with Crippen LogP contribution in [-0.4, -0.2) is 37.3 Å². The Labute approximate surface area is 84.2 Å². The van der Waals surface area contributed by atoms with Gasteiger partial charge in [0, 0.05) is 0 Å². The Kier molecular flexibility index (Phi) is 3.89. The maximum Gasteiger partial charge on any atom is 0.150 e. The lowest BCUT2D eigenvalue weighted by Gasteiger charge is -2.24. The summed E-state index contributed by atoms with van der Waals surface area (Å²) >= 11 is 0. The van der Waals surface area contributed by atoms with E-state index in [4.69, 9.17) is 5.11 Å². The van der Waals surface area contributed by atoms with Gasteiger partial charge in [0.15, 0.2) is 0 Å². The molecule has 1 aliphatic rings. The molecule has 1 heterocycles. The van der Waals surface area contributed by atoms with Crippen LogP contribution in [0.15, 0.2) is 0 Å². The van der Waals surface area contributed by atoms with Crippen LogP contribution in [0.4, 0.5) is 4.39 Å². The minimum atomic E-state index is -2.86. The number of hydrogen-bond donors (Lipinski definition) is 1. The molecule has 0 amide bonds. The average Bonchev–Trinajstić information content (AvgIpc) is 2.08. The zero-order valence-corrected chi connectivity index (χ0v) is 9.13. The van der Waals surface area contributed by atoms with E-state index in [1.165, 1.54) is 6.92 Å². The molecule has 3 nitrogen and oxygen atoms in total.